The Morgan fingerprint density at radius 3 is 2.64 bits per heavy atom. The first-order valence-electron chi connectivity index (χ1n) is 8.57. The number of hydrogen-bond donors (Lipinski definition) is 1. The Labute approximate surface area is 148 Å². The van der Waals surface area contributed by atoms with Gasteiger partial charge in [0.25, 0.3) is 5.91 Å². The lowest BCUT2D eigenvalue weighted by Gasteiger charge is -2.27. The minimum atomic E-state index is -0.508. The van der Waals surface area contributed by atoms with Gasteiger partial charge in [-0.3, -0.25) is 9.48 Å². The molecular formula is C17H27N5O3. The van der Waals surface area contributed by atoms with E-state index in [0.717, 1.165) is 12.8 Å². The van der Waals surface area contributed by atoms with Crippen LogP contribution in [-0.2, 0) is 11.3 Å². The third-order valence-corrected chi connectivity index (χ3v) is 3.75. The van der Waals surface area contributed by atoms with E-state index in [4.69, 9.17) is 4.74 Å². The van der Waals surface area contributed by atoms with Crippen molar-refractivity contribution in [3.63, 3.8) is 0 Å². The molecule has 1 aliphatic heterocycles. The summed E-state index contributed by atoms with van der Waals surface area (Å²) in [5, 5.41) is 10.6. The summed E-state index contributed by atoms with van der Waals surface area (Å²) in [6, 6.07) is 0. The fraction of sp³-hybridized carbons (Fsp3) is 0.647. The van der Waals surface area contributed by atoms with Crippen LogP contribution in [0.3, 0.4) is 0 Å². The first-order chi connectivity index (χ1) is 11.7. The summed E-state index contributed by atoms with van der Waals surface area (Å²) in [5.41, 5.74) is 1.03. The Balaban J connectivity index is 1.73. The largest absolute Gasteiger partial charge is 0.444 e. The van der Waals surface area contributed by atoms with Crippen molar-refractivity contribution in [2.24, 2.45) is 0 Å². The van der Waals surface area contributed by atoms with E-state index in [2.05, 4.69) is 22.2 Å². The predicted molar refractivity (Wildman–Crippen MR) is 93.2 cm³/mol. The summed E-state index contributed by atoms with van der Waals surface area (Å²) in [6.07, 6.45) is 3.57. The first-order valence-corrected chi connectivity index (χ1v) is 8.57. The van der Waals surface area contributed by atoms with Gasteiger partial charge in [0.15, 0.2) is 5.69 Å². The minimum absolute atomic E-state index is 0.0920. The van der Waals surface area contributed by atoms with Crippen molar-refractivity contribution in [1.82, 2.24) is 25.2 Å². The Hall–Kier alpha value is -2.38. The van der Waals surface area contributed by atoms with Gasteiger partial charge in [-0.15, -0.1) is 5.10 Å². The number of ether oxygens (including phenoxy) is 1. The Morgan fingerprint density at radius 1 is 1.32 bits per heavy atom. The Bertz CT molecular complexity index is 622. The molecule has 0 bridgehead atoms. The van der Waals surface area contributed by atoms with Gasteiger partial charge in [-0.25, -0.2) is 4.79 Å². The van der Waals surface area contributed by atoms with Crippen LogP contribution in [0, 0.1) is 0 Å². The molecule has 8 heteroatoms. The molecule has 0 spiro atoms. The van der Waals surface area contributed by atoms with Crippen molar-refractivity contribution in [1.29, 1.82) is 0 Å². The summed E-state index contributed by atoms with van der Waals surface area (Å²) >= 11 is 0. The highest BCUT2D eigenvalue weighted by atomic mass is 16.6. The molecule has 0 unspecified atom stereocenters. The molecule has 0 aromatic carbocycles. The molecule has 1 aromatic heterocycles. The van der Waals surface area contributed by atoms with E-state index in [1.54, 1.807) is 15.8 Å². The Morgan fingerprint density at radius 2 is 2.00 bits per heavy atom. The van der Waals surface area contributed by atoms with E-state index in [1.807, 2.05) is 20.8 Å². The summed E-state index contributed by atoms with van der Waals surface area (Å²) in [6.45, 7) is 11.8. The number of aryl methyl sites for hydroxylation is 1. The highest BCUT2D eigenvalue weighted by Gasteiger charge is 2.22. The lowest BCUT2D eigenvalue weighted by atomic mass is 10.1. The van der Waals surface area contributed by atoms with Gasteiger partial charge in [0.2, 0.25) is 0 Å². The SMILES string of the molecule is C=C1CCN(C(=O)c2cn(CCCNC(=O)OC(C)(C)C)nn2)CC1. The third kappa shape index (κ3) is 6.21. The van der Waals surface area contributed by atoms with Gasteiger partial charge in [0, 0.05) is 26.2 Å². The van der Waals surface area contributed by atoms with Crippen LogP contribution in [0.25, 0.3) is 0 Å². The topological polar surface area (TPSA) is 89.4 Å². The van der Waals surface area contributed by atoms with Crippen LogP contribution >= 0.6 is 0 Å². The van der Waals surface area contributed by atoms with Crippen molar-refractivity contribution in [3.05, 3.63) is 24.0 Å². The number of rotatable bonds is 5. The zero-order valence-corrected chi connectivity index (χ0v) is 15.2. The van der Waals surface area contributed by atoms with Gasteiger partial charge < -0.3 is 15.0 Å². The zero-order valence-electron chi connectivity index (χ0n) is 15.2. The minimum Gasteiger partial charge on any atom is -0.444 e. The van der Waals surface area contributed by atoms with Crippen LogP contribution in [0.1, 0.15) is 50.5 Å². The number of aromatic nitrogens is 3. The Kier molecular flexibility index (Phi) is 6.17. The summed E-state index contributed by atoms with van der Waals surface area (Å²) < 4.78 is 6.78. The maximum atomic E-state index is 12.4. The number of piperidine rings is 1. The molecule has 25 heavy (non-hydrogen) atoms. The lowest BCUT2D eigenvalue weighted by molar-refractivity contribution is 0.0526. The number of hydrogen-bond acceptors (Lipinski definition) is 5. The first kappa shape index (κ1) is 19.0. The van der Waals surface area contributed by atoms with Gasteiger partial charge in [0.05, 0.1) is 6.20 Å². The monoisotopic (exact) mass is 349 g/mol. The van der Waals surface area contributed by atoms with Crippen molar-refractivity contribution in [3.8, 4) is 0 Å². The molecule has 1 aromatic rings. The average molecular weight is 349 g/mol. The number of likely N-dealkylation sites (tertiary alicyclic amines) is 1. The summed E-state index contributed by atoms with van der Waals surface area (Å²) in [4.78, 5) is 25.7. The van der Waals surface area contributed by atoms with Crippen LogP contribution in [0.4, 0.5) is 4.79 Å². The van der Waals surface area contributed by atoms with E-state index in [1.165, 1.54) is 5.57 Å². The van der Waals surface area contributed by atoms with E-state index in [0.29, 0.717) is 38.3 Å². The molecule has 0 saturated carbocycles. The van der Waals surface area contributed by atoms with Crippen LogP contribution < -0.4 is 5.32 Å². The van der Waals surface area contributed by atoms with Gasteiger partial charge in [0.1, 0.15) is 5.60 Å². The molecule has 2 heterocycles. The molecule has 0 radical (unpaired) electrons. The number of carbonyl (C=O) groups is 2. The highest BCUT2D eigenvalue weighted by molar-refractivity contribution is 5.92. The van der Waals surface area contributed by atoms with Crippen LogP contribution in [-0.4, -0.2) is 57.1 Å². The fourth-order valence-electron chi connectivity index (χ4n) is 2.44. The zero-order chi connectivity index (χ0) is 18.4. The summed E-state index contributed by atoms with van der Waals surface area (Å²) in [7, 11) is 0. The van der Waals surface area contributed by atoms with Gasteiger partial charge in [-0.05, 0) is 40.0 Å². The molecule has 0 aliphatic carbocycles. The molecule has 2 amide bonds. The third-order valence-electron chi connectivity index (χ3n) is 3.75. The second-order valence-corrected chi connectivity index (χ2v) is 7.19. The number of nitrogens with one attached hydrogen (secondary N) is 1. The summed E-state index contributed by atoms with van der Waals surface area (Å²) in [5.74, 6) is -0.0920. The van der Waals surface area contributed by atoms with E-state index < -0.39 is 11.7 Å². The van der Waals surface area contributed by atoms with Gasteiger partial charge >= 0.3 is 6.09 Å². The van der Waals surface area contributed by atoms with E-state index in [-0.39, 0.29) is 5.91 Å². The van der Waals surface area contributed by atoms with Crippen LogP contribution in [0.5, 0.6) is 0 Å². The second kappa shape index (κ2) is 8.13. The molecular weight excluding hydrogens is 322 g/mol. The molecule has 138 valence electrons. The number of amides is 2. The highest BCUT2D eigenvalue weighted by Crippen LogP contribution is 2.15. The predicted octanol–water partition coefficient (Wildman–Crippen LogP) is 1.99. The number of carbonyl (C=O) groups excluding carboxylic acids is 2. The molecule has 8 nitrogen and oxygen atoms in total. The van der Waals surface area contributed by atoms with E-state index in [9.17, 15) is 9.59 Å². The standard InChI is InChI=1S/C17H27N5O3/c1-13-6-10-21(11-7-13)15(23)14-12-22(20-19-14)9-5-8-18-16(24)25-17(2,3)4/h12H,1,5-11H2,2-4H3,(H,18,24). The normalized spacial score (nSPS) is 15.2. The molecule has 0 atom stereocenters. The van der Waals surface area contributed by atoms with Crippen molar-refractivity contribution in [2.45, 2.75) is 52.2 Å². The smallest absolute Gasteiger partial charge is 0.407 e. The van der Waals surface area contributed by atoms with Crippen LogP contribution in [0.2, 0.25) is 0 Å². The van der Waals surface area contributed by atoms with Gasteiger partial charge in [-0.2, -0.15) is 0 Å². The van der Waals surface area contributed by atoms with Crippen molar-refractivity contribution in [2.75, 3.05) is 19.6 Å². The maximum Gasteiger partial charge on any atom is 0.407 e. The van der Waals surface area contributed by atoms with Crippen molar-refractivity contribution < 1.29 is 14.3 Å². The average Bonchev–Trinajstić information content (AvgIpc) is 2.99. The number of alkyl carbamates (subject to hydrolysis) is 1. The van der Waals surface area contributed by atoms with Gasteiger partial charge in [-0.1, -0.05) is 17.4 Å². The quantitative estimate of drug-likeness (QED) is 0.648. The molecule has 1 N–H and O–H groups in total. The molecule has 1 aliphatic rings. The molecule has 2 rings (SSSR count). The maximum absolute atomic E-state index is 12.4. The van der Waals surface area contributed by atoms with Crippen molar-refractivity contribution >= 4 is 12.0 Å². The fourth-order valence-corrected chi connectivity index (χ4v) is 2.44. The van der Waals surface area contributed by atoms with E-state index >= 15 is 0 Å². The molecule has 1 fully saturated rings. The second-order valence-electron chi connectivity index (χ2n) is 7.19. The molecule has 1 saturated heterocycles. The van der Waals surface area contributed by atoms with Crippen LogP contribution in [0.15, 0.2) is 18.3 Å². The number of nitrogens with zero attached hydrogens (tertiary/aromatic N) is 4. The lowest BCUT2D eigenvalue weighted by Crippen LogP contribution is -2.36.